The van der Waals surface area contributed by atoms with Crippen LogP contribution in [0.15, 0.2) is 42.5 Å². The second-order valence-electron chi connectivity index (χ2n) is 4.22. The fraction of sp³-hybridized carbons (Fsp3) is 0.0714. The molecule has 1 unspecified atom stereocenters. The maximum absolute atomic E-state index is 11.8. The van der Waals surface area contributed by atoms with Crippen molar-refractivity contribution in [1.82, 2.24) is 0 Å². The zero-order chi connectivity index (χ0) is 12.7. The van der Waals surface area contributed by atoms with Crippen LogP contribution in [0.5, 0.6) is 0 Å². The number of hydrogen-bond acceptors (Lipinski definition) is 4. The van der Waals surface area contributed by atoms with E-state index in [1.165, 1.54) is 0 Å². The number of hydrogen-bond donors (Lipinski definition) is 2. The van der Waals surface area contributed by atoms with Gasteiger partial charge >= 0.3 is 5.97 Å². The molecule has 0 fully saturated rings. The molecule has 1 atom stereocenters. The number of para-hydroxylation sites is 1. The van der Waals surface area contributed by atoms with Crippen LogP contribution in [0.2, 0.25) is 0 Å². The Bertz CT molecular complexity index is 637. The first-order chi connectivity index (χ1) is 8.68. The van der Waals surface area contributed by atoms with Crippen LogP contribution in [-0.4, -0.2) is 5.97 Å². The van der Waals surface area contributed by atoms with E-state index < -0.39 is 6.10 Å². The maximum Gasteiger partial charge on any atom is 0.339 e. The molecule has 0 saturated carbocycles. The minimum absolute atomic E-state index is 0.322. The lowest BCUT2D eigenvalue weighted by molar-refractivity contribution is 0.0457. The molecule has 3 rings (SSSR count). The Morgan fingerprint density at radius 2 is 1.67 bits per heavy atom. The number of nitrogens with two attached hydrogens (primary N) is 2. The third-order valence-electron chi connectivity index (χ3n) is 3.14. The van der Waals surface area contributed by atoms with E-state index in [9.17, 15) is 4.79 Å². The first-order valence-electron chi connectivity index (χ1n) is 5.62. The highest BCUT2D eigenvalue weighted by Crippen LogP contribution is 2.39. The van der Waals surface area contributed by atoms with Gasteiger partial charge in [-0.1, -0.05) is 30.3 Å². The summed E-state index contributed by atoms with van der Waals surface area (Å²) >= 11 is 0. The van der Waals surface area contributed by atoms with Crippen LogP contribution in [-0.2, 0) is 4.74 Å². The SMILES string of the molecule is Nc1cccc(C2OC(=O)c3ccccc32)c1N. The van der Waals surface area contributed by atoms with Crippen LogP contribution in [0.4, 0.5) is 11.4 Å². The molecule has 18 heavy (non-hydrogen) atoms. The molecule has 1 aliphatic rings. The number of benzene rings is 2. The van der Waals surface area contributed by atoms with Crippen LogP contribution >= 0.6 is 0 Å². The Hall–Kier alpha value is -2.49. The second kappa shape index (κ2) is 3.77. The Balaban J connectivity index is 2.15. The molecule has 1 aliphatic heterocycles. The van der Waals surface area contributed by atoms with E-state index in [1.807, 2.05) is 24.3 Å². The number of carbonyl (C=O) groups is 1. The summed E-state index contributed by atoms with van der Waals surface area (Å²) in [4.78, 5) is 11.8. The Morgan fingerprint density at radius 3 is 2.50 bits per heavy atom. The molecule has 0 saturated heterocycles. The van der Waals surface area contributed by atoms with Crippen molar-refractivity contribution in [3.05, 3.63) is 59.2 Å². The minimum Gasteiger partial charge on any atom is -0.449 e. The zero-order valence-electron chi connectivity index (χ0n) is 9.59. The molecular formula is C14H12N2O2. The molecule has 4 N–H and O–H groups in total. The number of ether oxygens (including phenoxy) is 1. The van der Waals surface area contributed by atoms with E-state index >= 15 is 0 Å². The molecule has 2 aromatic rings. The Labute approximate surface area is 104 Å². The van der Waals surface area contributed by atoms with Crippen molar-refractivity contribution in [1.29, 1.82) is 0 Å². The van der Waals surface area contributed by atoms with E-state index in [-0.39, 0.29) is 5.97 Å². The fourth-order valence-electron chi connectivity index (χ4n) is 2.21. The predicted octanol–water partition coefficient (Wildman–Crippen LogP) is 2.11. The van der Waals surface area contributed by atoms with Gasteiger partial charge in [0.05, 0.1) is 16.9 Å². The summed E-state index contributed by atoms with van der Waals surface area (Å²) in [6.07, 6.45) is -0.461. The number of rotatable bonds is 1. The van der Waals surface area contributed by atoms with Crippen LogP contribution in [0.3, 0.4) is 0 Å². The summed E-state index contributed by atoms with van der Waals surface area (Å²) in [6.45, 7) is 0. The zero-order valence-corrected chi connectivity index (χ0v) is 9.59. The molecule has 0 aliphatic carbocycles. The van der Waals surface area contributed by atoms with Gasteiger partial charge in [0.1, 0.15) is 0 Å². The fourth-order valence-corrected chi connectivity index (χ4v) is 2.21. The van der Waals surface area contributed by atoms with Crippen molar-refractivity contribution in [3.8, 4) is 0 Å². The number of anilines is 2. The Kier molecular flexibility index (Phi) is 2.23. The van der Waals surface area contributed by atoms with Crippen LogP contribution in [0, 0.1) is 0 Å². The highest BCUT2D eigenvalue weighted by Gasteiger charge is 2.32. The van der Waals surface area contributed by atoms with Gasteiger partial charge in [-0.05, 0) is 12.1 Å². The molecule has 1 heterocycles. The first kappa shape index (κ1) is 10.7. The van der Waals surface area contributed by atoms with E-state index in [0.29, 0.717) is 16.9 Å². The van der Waals surface area contributed by atoms with Crippen molar-refractivity contribution in [2.75, 3.05) is 11.5 Å². The lowest BCUT2D eigenvalue weighted by atomic mass is 9.97. The second-order valence-corrected chi connectivity index (χ2v) is 4.22. The van der Waals surface area contributed by atoms with Gasteiger partial charge in [0.15, 0.2) is 6.10 Å². The van der Waals surface area contributed by atoms with Crippen LogP contribution in [0.1, 0.15) is 27.6 Å². The number of fused-ring (bicyclic) bond motifs is 1. The molecule has 90 valence electrons. The number of esters is 1. The van der Waals surface area contributed by atoms with Crippen LogP contribution in [0.25, 0.3) is 0 Å². The molecule has 2 aromatic carbocycles. The third-order valence-corrected chi connectivity index (χ3v) is 3.14. The summed E-state index contributed by atoms with van der Waals surface area (Å²) in [5, 5.41) is 0. The largest absolute Gasteiger partial charge is 0.449 e. The highest BCUT2D eigenvalue weighted by molar-refractivity contribution is 5.95. The van der Waals surface area contributed by atoms with Crippen molar-refractivity contribution in [3.63, 3.8) is 0 Å². The molecule has 4 nitrogen and oxygen atoms in total. The topological polar surface area (TPSA) is 78.3 Å². The minimum atomic E-state index is -0.461. The molecular weight excluding hydrogens is 228 g/mol. The van der Waals surface area contributed by atoms with Crippen molar-refractivity contribution < 1.29 is 9.53 Å². The first-order valence-corrected chi connectivity index (χ1v) is 5.62. The molecule has 0 amide bonds. The number of carbonyl (C=O) groups excluding carboxylic acids is 1. The van der Waals surface area contributed by atoms with Gasteiger partial charge in [0.2, 0.25) is 0 Å². The average Bonchev–Trinajstić information content (AvgIpc) is 2.71. The normalized spacial score (nSPS) is 17.3. The quantitative estimate of drug-likeness (QED) is 0.591. The monoisotopic (exact) mass is 240 g/mol. The van der Waals surface area contributed by atoms with Crippen molar-refractivity contribution >= 4 is 17.3 Å². The molecule has 0 bridgehead atoms. The van der Waals surface area contributed by atoms with E-state index in [1.54, 1.807) is 18.2 Å². The summed E-state index contributed by atoms with van der Waals surface area (Å²) in [7, 11) is 0. The summed E-state index contributed by atoms with van der Waals surface area (Å²) in [6, 6.07) is 12.7. The summed E-state index contributed by atoms with van der Waals surface area (Å²) in [5.74, 6) is -0.322. The van der Waals surface area contributed by atoms with Gasteiger partial charge in [0, 0.05) is 11.1 Å². The molecule has 0 spiro atoms. The van der Waals surface area contributed by atoms with Gasteiger partial charge in [-0.15, -0.1) is 0 Å². The van der Waals surface area contributed by atoms with E-state index in [4.69, 9.17) is 16.2 Å². The smallest absolute Gasteiger partial charge is 0.339 e. The average molecular weight is 240 g/mol. The predicted molar refractivity (Wildman–Crippen MR) is 69.0 cm³/mol. The summed E-state index contributed by atoms with van der Waals surface area (Å²) in [5.41, 5.74) is 14.8. The van der Waals surface area contributed by atoms with E-state index in [2.05, 4.69) is 0 Å². The number of nitrogen functional groups attached to an aromatic ring is 2. The van der Waals surface area contributed by atoms with Gasteiger partial charge in [-0.2, -0.15) is 0 Å². The van der Waals surface area contributed by atoms with Crippen molar-refractivity contribution in [2.45, 2.75) is 6.10 Å². The molecule has 4 heteroatoms. The maximum atomic E-state index is 11.8. The number of cyclic esters (lactones) is 1. The van der Waals surface area contributed by atoms with Gasteiger partial charge in [-0.25, -0.2) is 4.79 Å². The third kappa shape index (κ3) is 1.43. The molecule has 0 aromatic heterocycles. The van der Waals surface area contributed by atoms with Gasteiger partial charge in [0.25, 0.3) is 0 Å². The van der Waals surface area contributed by atoms with Crippen molar-refractivity contribution in [2.24, 2.45) is 0 Å². The van der Waals surface area contributed by atoms with Crippen LogP contribution < -0.4 is 11.5 Å². The highest BCUT2D eigenvalue weighted by atomic mass is 16.5. The molecule has 0 radical (unpaired) electrons. The lowest BCUT2D eigenvalue weighted by Crippen LogP contribution is -2.06. The standard InChI is InChI=1S/C14H12N2O2/c15-11-7-3-6-10(12(11)16)13-8-4-1-2-5-9(8)14(17)18-13/h1-7,13H,15-16H2. The van der Waals surface area contributed by atoms with E-state index in [0.717, 1.165) is 11.1 Å². The van der Waals surface area contributed by atoms with Gasteiger partial charge < -0.3 is 16.2 Å². The summed E-state index contributed by atoms with van der Waals surface area (Å²) < 4.78 is 5.38. The van der Waals surface area contributed by atoms with Gasteiger partial charge in [-0.3, -0.25) is 0 Å². The lowest BCUT2D eigenvalue weighted by Gasteiger charge is -2.14. The Morgan fingerprint density at radius 1 is 0.944 bits per heavy atom.